The van der Waals surface area contributed by atoms with Gasteiger partial charge in [-0.15, -0.1) is 4.40 Å². The molecular formula is C19H16N4O4S. The average Bonchev–Trinajstić information content (AvgIpc) is 2.99. The summed E-state index contributed by atoms with van der Waals surface area (Å²) in [6, 6.07) is 14.6. The maximum atomic E-state index is 12.3. The number of nitrogens with one attached hydrogen (secondary N) is 2. The van der Waals surface area contributed by atoms with Gasteiger partial charge in [0, 0.05) is 11.8 Å². The number of nitrogens with two attached hydrogens (primary N) is 1. The van der Waals surface area contributed by atoms with Gasteiger partial charge in [0.1, 0.15) is 5.70 Å². The number of rotatable bonds is 5. The lowest BCUT2D eigenvalue weighted by molar-refractivity contribution is -0.116. The van der Waals surface area contributed by atoms with Gasteiger partial charge in [0.15, 0.2) is 5.78 Å². The lowest BCUT2D eigenvalue weighted by Crippen LogP contribution is -2.26. The molecule has 0 spiro atoms. The van der Waals surface area contributed by atoms with Crippen LogP contribution in [-0.4, -0.2) is 26.1 Å². The number of amides is 1. The summed E-state index contributed by atoms with van der Waals surface area (Å²) in [4.78, 5) is 23.9. The van der Waals surface area contributed by atoms with Crippen LogP contribution in [0.15, 0.2) is 81.7 Å². The predicted molar refractivity (Wildman–Crippen MR) is 105 cm³/mol. The summed E-state index contributed by atoms with van der Waals surface area (Å²) in [5.41, 5.74) is 6.67. The molecule has 9 heteroatoms. The van der Waals surface area contributed by atoms with Crippen molar-refractivity contribution in [3.05, 3.63) is 78.0 Å². The zero-order valence-corrected chi connectivity index (χ0v) is 15.3. The molecule has 0 atom stereocenters. The number of ketones is 1. The summed E-state index contributed by atoms with van der Waals surface area (Å²) in [7, 11) is -4.05. The molecule has 0 unspecified atom stereocenters. The molecule has 0 aromatic heterocycles. The highest BCUT2D eigenvalue weighted by atomic mass is 32.2. The van der Waals surface area contributed by atoms with E-state index in [1.165, 1.54) is 30.3 Å². The molecule has 1 aliphatic rings. The lowest BCUT2D eigenvalue weighted by atomic mass is 10.2. The first-order valence-corrected chi connectivity index (χ1v) is 9.55. The molecular weight excluding hydrogens is 380 g/mol. The number of carbonyl (C=O) groups excluding carboxylic acids is 2. The molecule has 142 valence electrons. The van der Waals surface area contributed by atoms with E-state index in [-0.39, 0.29) is 16.6 Å². The Kier molecular flexibility index (Phi) is 5.37. The van der Waals surface area contributed by atoms with Gasteiger partial charge in [-0.2, -0.15) is 8.42 Å². The fourth-order valence-electron chi connectivity index (χ4n) is 2.28. The number of nitrogens with zero attached hydrogens (tertiary/aromatic N) is 1. The quantitative estimate of drug-likeness (QED) is 0.514. The van der Waals surface area contributed by atoms with Gasteiger partial charge in [0.2, 0.25) is 5.96 Å². The molecule has 1 amide bonds. The monoisotopic (exact) mass is 396 g/mol. The van der Waals surface area contributed by atoms with Gasteiger partial charge in [-0.05, 0) is 35.9 Å². The fourth-order valence-corrected chi connectivity index (χ4v) is 3.20. The molecule has 1 aliphatic heterocycles. The molecule has 3 rings (SSSR count). The van der Waals surface area contributed by atoms with Crippen molar-refractivity contribution in [1.82, 2.24) is 10.6 Å². The van der Waals surface area contributed by atoms with E-state index in [4.69, 9.17) is 5.73 Å². The topological polar surface area (TPSA) is 131 Å². The van der Waals surface area contributed by atoms with E-state index in [1.807, 2.05) is 30.3 Å². The van der Waals surface area contributed by atoms with Crippen LogP contribution in [0, 0.1) is 0 Å². The molecule has 0 aliphatic carbocycles. The van der Waals surface area contributed by atoms with Gasteiger partial charge in [0.25, 0.3) is 15.9 Å². The van der Waals surface area contributed by atoms with Crippen molar-refractivity contribution in [2.45, 2.75) is 4.90 Å². The normalized spacial score (nSPS) is 17.1. The summed E-state index contributed by atoms with van der Waals surface area (Å²) >= 11 is 0. The van der Waals surface area contributed by atoms with Crippen LogP contribution in [0.2, 0.25) is 0 Å². The van der Waals surface area contributed by atoms with Crippen LogP contribution < -0.4 is 16.4 Å². The van der Waals surface area contributed by atoms with Crippen LogP contribution >= 0.6 is 0 Å². The maximum absolute atomic E-state index is 12.3. The summed E-state index contributed by atoms with van der Waals surface area (Å²) in [6.45, 7) is 0. The number of hydrogen-bond acceptors (Lipinski definition) is 5. The molecule has 8 nitrogen and oxygen atoms in total. The standard InChI is InChI=1S/C19H16N4O4S/c20-14-7-10-16(11-8-14)28(26,27)23-19-21-17(18(25)22-19)12-15(24)9-6-13-4-2-1-3-5-13/h1-12H,20H2,(H2,21,22,23,25)/b9-6+,17-12-. The molecule has 1 saturated heterocycles. The molecule has 2 aromatic rings. The third-order valence-corrected chi connectivity index (χ3v) is 4.94. The smallest absolute Gasteiger partial charge is 0.285 e. The lowest BCUT2D eigenvalue weighted by Gasteiger charge is -2.01. The Hall–Kier alpha value is -3.72. The Morgan fingerprint density at radius 1 is 1.00 bits per heavy atom. The Morgan fingerprint density at radius 2 is 1.68 bits per heavy atom. The van der Waals surface area contributed by atoms with Gasteiger partial charge < -0.3 is 11.1 Å². The Morgan fingerprint density at radius 3 is 2.36 bits per heavy atom. The molecule has 1 fully saturated rings. The second kappa shape index (κ2) is 7.89. The van der Waals surface area contributed by atoms with Crippen molar-refractivity contribution in [3.63, 3.8) is 0 Å². The number of allylic oxidation sites excluding steroid dienone is 2. The Labute approximate surface area is 161 Å². The zero-order valence-electron chi connectivity index (χ0n) is 14.5. The SMILES string of the molecule is Nc1ccc(S(=O)(=O)/N=C2\NC(=O)/C(=C/C(=O)/C=C/c3ccccc3)N2)cc1. The van der Waals surface area contributed by atoms with Crippen molar-refractivity contribution < 1.29 is 18.0 Å². The summed E-state index contributed by atoms with van der Waals surface area (Å²) < 4.78 is 28.1. The van der Waals surface area contributed by atoms with E-state index in [0.717, 1.165) is 11.6 Å². The summed E-state index contributed by atoms with van der Waals surface area (Å²) in [5, 5.41) is 4.77. The molecule has 0 saturated carbocycles. The minimum Gasteiger partial charge on any atom is -0.399 e. The average molecular weight is 396 g/mol. The van der Waals surface area contributed by atoms with Gasteiger partial charge in [-0.25, -0.2) is 0 Å². The van der Waals surface area contributed by atoms with Crippen LogP contribution in [0.1, 0.15) is 5.56 Å². The summed E-state index contributed by atoms with van der Waals surface area (Å²) in [5.74, 6) is -1.38. The molecule has 1 heterocycles. The Bertz CT molecular complexity index is 1100. The number of nitrogen functional groups attached to an aromatic ring is 1. The van der Waals surface area contributed by atoms with Crippen molar-refractivity contribution in [2.75, 3.05) is 5.73 Å². The van der Waals surface area contributed by atoms with Crippen LogP contribution in [0.3, 0.4) is 0 Å². The molecule has 4 N–H and O–H groups in total. The number of benzene rings is 2. The van der Waals surface area contributed by atoms with Crippen LogP contribution in [-0.2, 0) is 19.6 Å². The number of guanidine groups is 1. The molecule has 0 bridgehead atoms. The van der Waals surface area contributed by atoms with Crippen molar-refractivity contribution in [3.8, 4) is 0 Å². The number of anilines is 1. The van der Waals surface area contributed by atoms with Crippen LogP contribution in [0.5, 0.6) is 0 Å². The van der Waals surface area contributed by atoms with Gasteiger partial charge in [-0.3, -0.25) is 14.9 Å². The van der Waals surface area contributed by atoms with Crippen LogP contribution in [0.4, 0.5) is 5.69 Å². The van der Waals surface area contributed by atoms with Crippen molar-refractivity contribution >= 4 is 39.4 Å². The third kappa shape index (κ3) is 4.71. The number of hydrogen-bond donors (Lipinski definition) is 3. The maximum Gasteiger partial charge on any atom is 0.285 e. The highest BCUT2D eigenvalue weighted by molar-refractivity contribution is 7.90. The van der Waals surface area contributed by atoms with E-state index in [9.17, 15) is 18.0 Å². The second-order valence-corrected chi connectivity index (χ2v) is 7.37. The van der Waals surface area contributed by atoms with E-state index in [2.05, 4.69) is 15.0 Å². The first kappa shape index (κ1) is 19.1. The van der Waals surface area contributed by atoms with Gasteiger partial charge in [0.05, 0.1) is 4.90 Å². The minimum atomic E-state index is -4.05. The first-order chi connectivity index (χ1) is 13.3. The first-order valence-electron chi connectivity index (χ1n) is 8.11. The van der Waals surface area contributed by atoms with Gasteiger partial charge >= 0.3 is 0 Å². The fraction of sp³-hybridized carbons (Fsp3) is 0. The molecule has 2 aromatic carbocycles. The summed E-state index contributed by atoms with van der Waals surface area (Å²) in [6.07, 6.45) is 3.97. The second-order valence-electron chi connectivity index (χ2n) is 5.77. The van der Waals surface area contributed by atoms with Crippen molar-refractivity contribution in [2.24, 2.45) is 4.40 Å². The molecule has 0 radical (unpaired) electrons. The van der Waals surface area contributed by atoms with Crippen molar-refractivity contribution in [1.29, 1.82) is 0 Å². The highest BCUT2D eigenvalue weighted by Gasteiger charge is 2.25. The van der Waals surface area contributed by atoms with E-state index < -0.39 is 21.7 Å². The predicted octanol–water partition coefficient (Wildman–Crippen LogP) is 1.20. The van der Waals surface area contributed by atoms with E-state index in [0.29, 0.717) is 5.69 Å². The van der Waals surface area contributed by atoms with Crippen LogP contribution in [0.25, 0.3) is 6.08 Å². The van der Waals surface area contributed by atoms with E-state index in [1.54, 1.807) is 6.08 Å². The highest BCUT2D eigenvalue weighted by Crippen LogP contribution is 2.15. The zero-order chi connectivity index (χ0) is 20.1. The molecule has 28 heavy (non-hydrogen) atoms. The minimum absolute atomic E-state index is 0.0791. The van der Waals surface area contributed by atoms with E-state index >= 15 is 0 Å². The Balaban J connectivity index is 1.74. The number of carbonyl (C=O) groups is 2. The third-order valence-electron chi connectivity index (χ3n) is 3.65. The largest absolute Gasteiger partial charge is 0.399 e. The van der Waals surface area contributed by atoms with Gasteiger partial charge in [-0.1, -0.05) is 36.4 Å². The number of sulfonamides is 1.